The van der Waals surface area contributed by atoms with Crippen LogP contribution in [-0.4, -0.2) is 24.7 Å². The van der Waals surface area contributed by atoms with E-state index in [4.69, 9.17) is 0 Å². The van der Waals surface area contributed by atoms with Crippen LogP contribution in [0.25, 0.3) is 11.1 Å². The number of aromatic nitrogens is 1. The van der Waals surface area contributed by atoms with Crippen molar-refractivity contribution in [3.05, 3.63) is 78.5 Å². The maximum absolute atomic E-state index is 13.1. The van der Waals surface area contributed by atoms with Gasteiger partial charge in [-0.25, -0.2) is 13.4 Å². The number of sulfone groups is 1. The standard InChI is InChI=1S/C24H23F3N2O2S/c25-24(26,27)19-8-15-23(28-16-19)29-20-9-13-22(14-10-20)32(30,31)21-11-6-18(7-12-21)17-4-2-1-3-5-17/h1-8,11-12,15-16,20,22H,9-10,13-14H2,(H,28,29). The lowest BCUT2D eigenvalue weighted by molar-refractivity contribution is -0.137. The third kappa shape index (κ3) is 4.96. The molecule has 0 aliphatic heterocycles. The predicted octanol–water partition coefficient (Wildman–Crippen LogP) is 5.96. The van der Waals surface area contributed by atoms with E-state index in [9.17, 15) is 21.6 Å². The summed E-state index contributed by atoms with van der Waals surface area (Å²) in [5, 5.41) is 2.65. The highest BCUT2D eigenvalue weighted by Crippen LogP contribution is 2.32. The molecule has 1 aliphatic carbocycles. The van der Waals surface area contributed by atoms with Gasteiger partial charge in [-0.15, -0.1) is 0 Å². The van der Waals surface area contributed by atoms with Crippen molar-refractivity contribution in [2.45, 2.75) is 48.0 Å². The van der Waals surface area contributed by atoms with Crippen molar-refractivity contribution < 1.29 is 21.6 Å². The molecule has 1 saturated carbocycles. The van der Waals surface area contributed by atoms with E-state index in [1.807, 2.05) is 42.5 Å². The van der Waals surface area contributed by atoms with Crippen LogP contribution in [0.15, 0.2) is 77.8 Å². The minimum atomic E-state index is -4.42. The van der Waals surface area contributed by atoms with Crippen molar-refractivity contribution in [1.29, 1.82) is 0 Å². The van der Waals surface area contributed by atoms with E-state index in [1.54, 1.807) is 12.1 Å². The Morgan fingerprint density at radius 3 is 2.00 bits per heavy atom. The topological polar surface area (TPSA) is 59.1 Å². The summed E-state index contributed by atoms with van der Waals surface area (Å²) < 4.78 is 64.2. The lowest BCUT2D eigenvalue weighted by atomic mass is 9.95. The largest absolute Gasteiger partial charge is 0.417 e. The zero-order valence-electron chi connectivity index (χ0n) is 17.2. The maximum atomic E-state index is 13.1. The molecule has 0 unspecified atom stereocenters. The molecule has 0 saturated heterocycles. The van der Waals surface area contributed by atoms with Crippen LogP contribution in [0.4, 0.5) is 19.0 Å². The zero-order valence-corrected chi connectivity index (χ0v) is 18.0. The van der Waals surface area contributed by atoms with Gasteiger partial charge in [-0.1, -0.05) is 42.5 Å². The monoisotopic (exact) mass is 460 g/mol. The summed E-state index contributed by atoms with van der Waals surface area (Å²) >= 11 is 0. The maximum Gasteiger partial charge on any atom is 0.417 e. The Balaban J connectivity index is 1.37. The summed E-state index contributed by atoms with van der Waals surface area (Å²) in [5.41, 5.74) is 1.19. The van der Waals surface area contributed by atoms with E-state index < -0.39 is 26.8 Å². The van der Waals surface area contributed by atoms with Gasteiger partial charge in [0.15, 0.2) is 9.84 Å². The molecule has 0 bridgehead atoms. The Labute approximate surface area is 185 Å². The lowest BCUT2D eigenvalue weighted by Crippen LogP contribution is -2.33. The molecule has 1 N–H and O–H groups in total. The van der Waals surface area contributed by atoms with E-state index in [1.165, 1.54) is 6.07 Å². The van der Waals surface area contributed by atoms with Crippen molar-refractivity contribution in [2.75, 3.05) is 5.32 Å². The summed E-state index contributed by atoms with van der Waals surface area (Å²) in [4.78, 5) is 4.16. The number of pyridine rings is 1. The number of halogens is 3. The van der Waals surface area contributed by atoms with Gasteiger partial charge in [0.1, 0.15) is 5.82 Å². The fourth-order valence-corrected chi connectivity index (χ4v) is 5.83. The van der Waals surface area contributed by atoms with Gasteiger partial charge in [0.05, 0.1) is 15.7 Å². The third-order valence-electron chi connectivity index (χ3n) is 5.85. The molecule has 32 heavy (non-hydrogen) atoms. The SMILES string of the molecule is O=S(=O)(c1ccc(-c2ccccc2)cc1)C1CCC(Nc2ccc(C(F)(F)F)cn2)CC1. The molecule has 0 amide bonds. The van der Waals surface area contributed by atoms with Gasteiger partial charge in [0, 0.05) is 12.2 Å². The number of nitrogens with one attached hydrogen (secondary N) is 1. The molecule has 4 nitrogen and oxygen atoms in total. The summed E-state index contributed by atoms with van der Waals surface area (Å²) in [5.74, 6) is 0.362. The van der Waals surface area contributed by atoms with Crippen molar-refractivity contribution in [2.24, 2.45) is 0 Å². The smallest absolute Gasteiger partial charge is 0.367 e. The molecule has 3 aromatic rings. The molecule has 2 aromatic carbocycles. The molecule has 0 atom stereocenters. The summed E-state index contributed by atoms with van der Waals surface area (Å²) in [6.07, 6.45) is -1.43. The minimum Gasteiger partial charge on any atom is -0.367 e. The first-order valence-electron chi connectivity index (χ1n) is 10.4. The Bertz CT molecular complexity index is 1140. The highest BCUT2D eigenvalue weighted by molar-refractivity contribution is 7.92. The molecule has 4 rings (SSSR count). The van der Waals surface area contributed by atoms with E-state index in [-0.39, 0.29) is 6.04 Å². The number of hydrogen-bond donors (Lipinski definition) is 1. The van der Waals surface area contributed by atoms with Gasteiger partial charge in [-0.05, 0) is 61.1 Å². The molecular weight excluding hydrogens is 437 g/mol. The number of nitrogens with zero attached hydrogens (tertiary/aromatic N) is 1. The molecule has 1 aliphatic rings. The lowest BCUT2D eigenvalue weighted by Gasteiger charge is -2.29. The fraction of sp³-hybridized carbons (Fsp3) is 0.292. The minimum absolute atomic E-state index is 0.0221. The van der Waals surface area contributed by atoms with Gasteiger partial charge in [-0.3, -0.25) is 0 Å². The number of hydrogen-bond acceptors (Lipinski definition) is 4. The average Bonchev–Trinajstić information content (AvgIpc) is 2.80. The molecule has 0 radical (unpaired) electrons. The second-order valence-corrected chi connectivity index (χ2v) is 10.2. The number of benzene rings is 2. The Morgan fingerprint density at radius 2 is 1.44 bits per heavy atom. The molecule has 1 heterocycles. The van der Waals surface area contributed by atoms with Crippen molar-refractivity contribution in [1.82, 2.24) is 4.98 Å². The van der Waals surface area contributed by atoms with Crippen molar-refractivity contribution in [3.63, 3.8) is 0 Å². The highest BCUT2D eigenvalue weighted by atomic mass is 32.2. The first-order chi connectivity index (χ1) is 15.2. The van der Waals surface area contributed by atoms with Crippen LogP contribution in [0.3, 0.4) is 0 Å². The van der Waals surface area contributed by atoms with Gasteiger partial charge in [0.25, 0.3) is 0 Å². The quantitative estimate of drug-likeness (QED) is 0.510. The van der Waals surface area contributed by atoms with Gasteiger partial charge < -0.3 is 5.32 Å². The van der Waals surface area contributed by atoms with Crippen LogP contribution in [0.2, 0.25) is 0 Å². The first-order valence-corrected chi connectivity index (χ1v) is 12.0. The average molecular weight is 461 g/mol. The fourth-order valence-electron chi connectivity index (χ4n) is 4.03. The van der Waals surface area contributed by atoms with Crippen LogP contribution >= 0.6 is 0 Å². The Hall–Kier alpha value is -2.87. The van der Waals surface area contributed by atoms with Crippen molar-refractivity contribution in [3.8, 4) is 11.1 Å². The molecular formula is C24H23F3N2O2S. The number of anilines is 1. The van der Waals surface area contributed by atoms with Crippen LogP contribution in [-0.2, 0) is 16.0 Å². The molecule has 168 valence electrons. The summed E-state index contributed by atoms with van der Waals surface area (Å²) in [7, 11) is -3.45. The van der Waals surface area contributed by atoms with Gasteiger partial charge in [-0.2, -0.15) is 13.2 Å². The molecule has 0 spiro atoms. The van der Waals surface area contributed by atoms with Gasteiger partial charge >= 0.3 is 6.18 Å². The Kier molecular flexibility index (Phi) is 6.24. The second-order valence-electron chi connectivity index (χ2n) is 7.98. The normalized spacial score (nSPS) is 19.5. The third-order valence-corrected chi connectivity index (χ3v) is 8.12. The Morgan fingerprint density at radius 1 is 0.812 bits per heavy atom. The van der Waals surface area contributed by atoms with E-state index in [0.717, 1.165) is 23.4 Å². The summed E-state index contributed by atoms with van der Waals surface area (Å²) in [6.45, 7) is 0. The number of alkyl halides is 3. The van der Waals surface area contributed by atoms with Crippen LogP contribution in [0.1, 0.15) is 31.2 Å². The van der Waals surface area contributed by atoms with Crippen LogP contribution < -0.4 is 5.32 Å². The molecule has 1 fully saturated rings. The predicted molar refractivity (Wildman–Crippen MR) is 118 cm³/mol. The molecule has 8 heteroatoms. The number of rotatable bonds is 5. The van der Waals surface area contributed by atoms with Crippen LogP contribution in [0, 0.1) is 0 Å². The van der Waals surface area contributed by atoms with E-state index in [2.05, 4.69) is 10.3 Å². The first kappa shape index (κ1) is 22.3. The highest BCUT2D eigenvalue weighted by Gasteiger charge is 2.33. The zero-order chi connectivity index (χ0) is 22.8. The van der Waals surface area contributed by atoms with E-state index >= 15 is 0 Å². The molecule has 1 aromatic heterocycles. The van der Waals surface area contributed by atoms with Crippen LogP contribution in [0.5, 0.6) is 0 Å². The van der Waals surface area contributed by atoms with E-state index in [0.29, 0.717) is 36.4 Å². The summed E-state index contributed by atoms with van der Waals surface area (Å²) in [6, 6.07) is 19.0. The van der Waals surface area contributed by atoms with Crippen molar-refractivity contribution >= 4 is 15.7 Å². The van der Waals surface area contributed by atoms with Gasteiger partial charge in [0.2, 0.25) is 0 Å². The second kappa shape index (κ2) is 8.94.